The van der Waals surface area contributed by atoms with E-state index in [0.29, 0.717) is 22.9 Å². The fraction of sp³-hybridized carbons (Fsp3) is 0.524. The first kappa shape index (κ1) is 42.9. The van der Waals surface area contributed by atoms with E-state index in [0.717, 1.165) is 13.1 Å². The smallest absolute Gasteiger partial charge is 0.312 e. The van der Waals surface area contributed by atoms with Crippen molar-refractivity contribution in [2.45, 2.75) is 85.6 Å². The number of carbonyl (C=O) groups is 3. The third kappa shape index (κ3) is 7.75. The van der Waals surface area contributed by atoms with Gasteiger partial charge in [0.1, 0.15) is 23.3 Å². The molecule has 58 heavy (non-hydrogen) atoms. The second kappa shape index (κ2) is 16.9. The van der Waals surface area contributed by atoms with Crippen LogP contribution in [0, 0.1) is 30.6 Å². The average molecular weight is 823 g/mol. The molecule has 3 aromatic rings. The number of hydrogen-bond donors (Lipinski definition) is 6. The molecule has 6 N–H and O–H groups in total. The number of amides is 1. The van der Waals surface area contributed by atoms with Crippen LogP contribution in [-0.4, -0.2) is 107 Å². The van der Waals surface area contributed by atoms with Crippen LogP contribution < -0.4 is 20.3 Å². The summed E-state index contributed by atoms with van der Waals surface area (Å²) in [5.41, 5.74) is 0.770. The lowest BCUT2D eigenvalue weighted by molar-refractivity contribution is -0.160. The molecule has 2 aromatic carbocycles. The number of aliphatic hydroxyl groups excluding tert-OH is 2. The first-order chi connectivity index (χ1) is 27.4. The number of thiazole rings is 1. The van der Waals surface area contributed by atoms with Crippen LogP contribution in [0.5, 0.6) is 17.2 Å². The van der Waals surface area contributed by atoms with E-state index in [9.17, 15) is 34.8 Å². The maximum absolute atomic E-state index is 14.6. The van der Waals surface area contributed by atoms with Crippen molar-refractivity contribution in [2.24, 2.45) is 23.7 Å². The topological polar surface area (TPSA) is 209 Å². The Morgan fingerprint density at radius 3 is 2.34 bits per heavy atom. The Labute approximate surface area is 341 Å². The number of nitrogens with one attached hydrogen (secondary N) is 2. The summed E-state index contributed by atoms with van der Waals surface area (Å²) >= 11 is 1.24. The van der Waals surface area contributed by atoms with E-state index < -0.39 is 77.3 Å². The third-order valence-electron chi connectivity index (χ3n) is 11.7. The SMILES string of the molecule is CO[C@H]1C=CO[C@@]2(C)Oc3c(C)c(O)c4c(O)c(c5sc(N6CCNCC6)nc5c4c3C2=O)NC(=O)/C(C)=C\C=C/[C@H](C)[C@H](O)[C@@H](C)[C@@H](O)[C@@H](C)[C@H](OC(C)=O)[C@@H]1C. The zero-order valence-electron chi connectivity index (χ0n) is 34.3. The number of Topliss-reactive ketones (excluding diaryl/α,β-unsaturated/α-hetero) is 1. The van der Waals surface area contributed by atoms with Crippen molar-refractivity contribution < 1.29 is 53.8 Å². The van der Waals surface area contributed by atoms with Crippen molar-refractivity contribution in [2.75, 3.05) is 43.5 Å². The van der Waals surface area contributed by atoms with Gasteiger partial charge >= 0.3 is 11.8 Å². The minimum Gasteiger partial charge on any atom is -0.507 e. The molecule has 3 aliphatic heterocycles. The summed E-state index contributed by atoms with van der Waals surface area (Å²) in [5.74, 6) is -6.78. The summed E-state index contributed by atoms with van der Waals surface area (Å²) in [4.78, 5) is 47.8. The standard InChI is InChI=1S/C42H54N4O11S/c1-19-11-10-12-20(2)40(53)44-31-35(51)28-27(30-38(31)58-41(45-30)46-16-14-43-15-17-46)29-37(24(6)34(28)50)57-42(8,39(29)52)55-18-13-26(54-9)21(3)36(56-25(7)47)23(5)33(49)22(4)32(19)48/h10-13,18-19,21-23,26,32-33,36,43,48-51H,14-17H2,1-9H3,(H,44,53)/b11-10-,18-13?,20-12-/t19-,21+,22+,23+,26-,32-,33+,36+,42-/m0/s1. The number of aromatic hydroxyl groups is 2. The predicted octanol–water partition coefficient (Wildman–Crippen LogP) is 5.07. The van der Waals surface area contributed by atoms with Gasteiger partial charge in [0.25, 0.3) is 11.7 Å². The highest BCUT2D eigenvalue weighted by Gasteiger charge is 2.50. The van der Waals surface area contributed by atoms with E-state index in [-0.39, 0.29) is 50.2 Å². The van der Waals surface area contributed by atoms with Gasteiger partial charge in [-0.3, -0.25) is 14.4 Å². The van der Waals surface area contributed by atoms with E-state index in [4.69, 9.17) is 23.9 Å². The number of nitrogens with zero attached hydrogens (tertiary/aromatic N) is 2. The Hall–Kier alpha value is -4.74. The second-order valence-corrected chi connectivity index (χ2v) is 16.7. The molecule has 4 heterocycles. The van der Waals surface area contributed by atoms with Crippen molar-refractivity contribution in [1.82, 2.24) is 10.3 Å². The van der Waals surface area contributed by atoms with Crippen LogP contribution in [0.25, 0.3) is 21.0 Å². The number of ketones is 1. The summed E-state index contributed by atoms with van der Waals surface area (Å²) < 4.78 is 24.3. The molecule has 16 heteroatoms. The van der Waals surface area contributed by atoms with Gasteiger partial charge in [0.15, 0.2) is 10.9 Å². The molecule has 3 aliphatic rings. The Balaban J connectivity index is 1.54. The molecule has 15 nitrogen and oxygen atoms in total. The lowest BCUT2D eigenvalue weighted by atomic mass is 9.78. The third-order valence-corrected chi connectivity index (χ3v) is 12.9. The van der Waals surface area contributed by atoms with Gasteiger partial charge in [0.2, 0.25) is 0 Å². The summed E-state index contributed by atoms with van der Waals surface area (Å²) in [7, 11) is 1.47. The number of hydrogen-bond acceptors (Lipinski definition) is 15. The number of methoxy groups -OCH3 is 1. The van der Waals surface area contributed by atoms with E-state index in [1.165, 1.54) is 38.6 Å². The summed E-state index contributed by atoms with van der Waals surface area (Å²) in [5, 5.41) is 53.4. The predicted molar refractivity (Wildman–Crippen MR) is 220 cm³/mol. The molecule has 314 valence electrons. The zero-order chi connectivity index (χ0) is 42.4. The molecule has 1 saturated heterocycles. The minimum atomic E-state index is -1.94. The molecule has 4 bridgehead atoms. The quantitative estimate of drug-likeness (QED) is 0.151. The number of allylic oxidation sites excluding steroid dienone is 2. The van der Waals surface area contributed by atoms with Crippen LogP contribution in [0.15, 0.2) is 36.1 Å². The van der Waals surface area contributed by atoms with Gasteiger partial charge in [-0.1, -0.05) is 57.3 Å². The van der Waals surface area contributed by atoms with E-state index >= 15 is 0 Å². The number of aliphatic hydroxyl groups is 2. The Kier molecular flexibility index (Phi) is 12.5. The molecule has 1 fully saturated rings. The number of anilines is 2. The van der Waals surface area contributed by atoms with Crippen molar-refractivity contribution in [3.8, 4) is 17.2 Å². The number of ether oxygens (including phenoxy) is 4. The number of carbonyl (C=O) groups excluding carboxylic acids is 3. The highest BCUT2D eigenvalue weighted by atomic mass is 32.1. The van der Waals surface area contributed by atoms with Gasteiger partial charge in [-0.05, 0) is 19.9 Å². The molecule has 1 aromatic heterocycles. The molecule has 6 rings (SSSR count). The number of esters is 1. The van der Waals surface area contributed by atoms with Gasteiger partial charge < -0.3 is 54.9 Å². The summed E-state index contributed by atoms with van der Waals surface area (Å²) in [6.07, 6.45) is 3.97. The summed E-state index contributed by atoms with van der Waals surface area (Å²) in [6, 6.07) is 0. The first-order valence-corrected chi connectivity index (χ1v) is 20.3. The van der Waals surface area contributed by atoms with Gasteiger partial charge in [-0.15, -0.1) is 0 Å². The lowest BCUT2D eigenvalue weighted by Gasteiger charge is -2.38. The maximum atomic E-state index is 14.6. The second-order valence-electron chi connectivity index (χ2n) is 15.8. The largest absolute Gasteiger partial charge is 0.507 e. The molecule has 0 aliphatic carbocycles. The van der Waals surface area contributed by atoms with Crippen LogP contribution in [-0.2, 0) is 23.8 Å². The fourth-order valence-electron chi connectivity index (χ4n) is 8.10. The van der Waals surface area contributed by atoms with Crippen LogP contribution in [0.2, 0.25) is 0 Å². The van der Waals surface area contributed by atoms with Gasteiger partial charge in [0, 0.05) is 87.3 Å². The van der Waals surface area contributed by atoms with Crippen LogP contribution in [0.1, 0.15) is 64.4 Å². The molecule has 0 unspecified atom stereocenters. The van der Waals surface area contributed by atoms with Crippen molar-refractivity contribution in [1.29, 1.82) is 0 Å². The monoisotopic (exact) mass is 822 g/mol. The van der Waals surface area contributed by atoms with Gasteiger partial charge in [-0.2, -0.15) is 0 Å². The number of piperazine rings is 1. The van der Waals surface area contributed by atoms with Crippen LogP contribution >= 0.6 is 11.3 Å². The highest BCUT2D eigenvalue weighted by molar-refractivity contribution is 7.23. The van der Waals surface area contributed by atoms with Gasteiger partial charge in [-0.25, -0.2) is 4.98 Å². The highest BCUT2D eigenvalue weighted by Crippen LogP contribution is 2.55. The van der Waals surface area contributed by atoms with E-state index in [2.05, 4.69) is 15.5 Å². The Morgan fingerprint density at radius 2 is 1.69 bits per heavy atom. The molecule has 9 atom stereocenters. The number of phenolic OH excluding ortho intramolecular Hbond substituents is 2. The summed E-state index contributed by atoms with van der Waals surface area (Å²) in [6.45, 7) is 15.6. The fourth-order valence-corrected chi connectivity index (χ4v) is 9.23. The minimum absolute atomic E-state index is 0.0213. The maximum Gasteiger partial charge on any atom is 0.312 e. The number of fused-ring (bicyclic) bond motifs is 1. The van der Waals surface area contributed by atoms with E-state index in [1.54, 1.807) is 65.8 Å². The first-order valence-electron chi connectivity index (χ1n) is 19.5. The van der Waals surface area contributed by atoms with Crippen LogP contribution in [0.4, 0.5) is 10.8 Å². The molecule has 1 amide bonds. The Bertz CT molecular complexity index is 2190. The molecule has 0 saturated carbocycles. The number of benzene rings is 2. The van der Waals surface area contributed by atoms with Gasteiger partial charge in [0.05, 0.1) is 45.7 Å². The van der Waals surface area contributed by atoms with E-state index in [1.807, 2.05) is 0 Å². The number of rotatable bonds is 3. The van der Waals surface area contributed by atoms with Crippen molar-refractivity contribution in [3.63, 3.8) is 0 Å². The van der Waals surface area contributed by atoms with Crippen molar-refractivity contribution >= 4 is 60.8 Å². The molecular formula is C42H54N4O11S. The molecule has 0 radical (unpaired) electrons. The molecule has 0 spiro atoms. The van der Waals surface area contributed by atoms with Crippen LogP contribution in [0.3, 0.4) is 0 Å². The zero-order valence-corrected chi connectivity index (χ0v) is 35.1. The average Bonchev–Trinajstić information content (AvgIpc) is 3.76. The number of phenols is 2. The normalized spacial score (nSPS) is 31.5. The number of aromatic nitrogens is 1. The Morgan fingerprint density at radius 1 is 1.00 bits per heavy atom. The van der Waals surface area contributed by atoms with Crippen molar-refractivity contribution in [3.05, 3.63) is 47.3 Å². The molecular weight excluding hydrogens is 769 g/mol. The lowest BCUT2D eigenvalue weighted by Crippen LogP contribution is -2.46.